The van der Waals surface area contributed by atoms with Gasteiger partial charge in [0, 0.05) is 35.8 Å². The summed E-state index contributed by atoms with van der Waals surface area (Å²) in [6, 6.07) is 16.0. The molecule has 4 aromatic rings. The van der Waals surface area contributed by atoms with Crippen molar-refractivity contribution in [3.8, 4) is 0 Å². The minimum absolute atomic E-state index is 0.0327. The van der Waals surface area contributed by atoms with Crippen LogP contribution in [0.1, 0.15) is 40.1 Å². The number of fused-ring (bicyclic) bond motifs is 1. The summed E-state index contributed by atoms with van der Waals surface area (Å²) in [6.07, 6.45) is -1.58. The molecule has 0 bridgehead atoms. The summed E-state index contributed by atoms with van der Waals surface area (Å²) in [5, 5.41) is 7.74. The highest BCUT2D eigenvalue weighted by atomic mass is 35.5. The number of halogens is 4. The molecule has 10 heteroatoms. The first-order chi connectivity index (χ1) is 17.3. The number of carbonyl (C=O) groups is 1. The fraction of sp³-hybridized carbons (Fsp3) is 0.192. The smallest absolute Gasteiger partial charge is 0.392 e. The molecule has 0 amide bonds. The molecule has 0 fully saturated rings. The largest absolute Gasteiger partial charge is 0.416 e. The summed E-state index contributed by atoms with van der Waals surface area (Å²) in [4.78, 5) is 22.6. The quantitative estimate of drug-likeness (QED) is 0.247. The van der Waals surface area contributed by atoms with Crippen LogP contribution in [0.25, 0.3) is 10.9 Å². The Kier molecular flexibility index (Phi) is 6.68. The molecule has 5 nitrogen and oxygen atoms in total. The molecular weight excluding hydrogens is 511 g/mol. The van der Waals surface area contributed by atoms with E-state index in [1.807, 2.05) is 24.3 Å². The molecular formula is C26H19ClF3N3O2S. The zero-order chi connectivity index (χ0) is 25.3. The van der Waals surface area contributed by atoms with Gasteiger partial charge in [-0.2, -0.15) is 13.2 Å². The highest BCUT2D eigenvalue weighted by Crippen LogP contribution is 2.34. The van der Waals surface area contributed by atoms with E-state index in [0.717, 1.165) is 23.4 Å². The molecule has 1 aliphatic rings. The molecule has 0 spiro atoms. The highest BCUT2D eigenvalue weighted by molar-refractivity contribution is 7.18. The van der Waals surface area contributed by atoms with Crippen molar-refractivity contribution in [2.75, 3.05) is 5.32 Å². The summed E-state index contributed by atoms with van der Waals surface area (Å²) in [5.41, 5.74) is 2.63. The molecule has 1 aliphatic heterocycles. The standard InChI is InChI=1S/C26H19ClF3N3O2S/c27-25-10-9-24(36-25)23(34)8-6-18-14-22(33-35-18)15-1-4-17(5-2-15)32-21-11-12-31-20-7-3-16(13-19(20)21)26(28,29)30/h1-5,7,9-13,18H,6,8,14H2,(H,31,32). The zero-order valence-electron chi connectivity index (χ0n) is 18.7. The predicted molar refractivity (Wildman–Crippen MR) is 135 cm³/mol. The van der Waals surface area contributed by atoms with E-state index in [1.54, 1.807) is 24.4 Å². The number of Topliss-reactive ketones (excluding diaryl/α,β-unsaturated/α-hetero) is 1. The van der Waals surface area contributed by atoms with Gasteiger partial charge in [0.05, 0.1) is 26.0 Å². The average Bonchev–Trinajstić information content (AvgIpc) is 3.52. The first-order valence-corrected chi connectivity index (χ1v) is 12.3. The van der Waals surface area contributed by atoms with Gasteiger partial charge in [-0.05, 0) is 60.5 Å². The van der Waals surface area contributed by atoms with Gasteiger partial charge in [0.1, 0.15) is 6.10 Å². The lowest BCUT2D eigenvalue weighted by Crippen LogP contribution is -2.11. The molecule has 36 heavy (non-hydrogen) atoms. The second kappa shape index (κ2) is 9.91. The number of hydrogen-bond acceptors (Lipinski definition) is 6. The number of benzene rings is 2. The monoisotopic (exact) mass is 529 g/mol. The van der Waals surface area contributed by atoms with E-state index < -0.39 is 11.7 Å². The van der Waals surface area contributed by atoms with E-state index in [0.29, 0.717) is 50.8 Å². The maximum Gasteiger partial charge on any atom is 0.416 e. The van der Waals surface area contributed by atoms with Crippen LogP contribution in [0, 0.1) is 0 Å². The minimum Gasteiger partial charge on any atom is -0.392 e. The van der Waals surface area contributed by atoms with E-state index in [4.69, 9.17) is 16.4 Å². The van der Waals surface area contributed by atoms with Crippen molar-refractivity contribution >= 4 is 56.7 Å². The molecule has 0 radical (unpaired) electrons. The zero-order valence-corrected chi connectivity index (χ0v) is 20.3. The molecule has 0 saturated carbocycles. The molecule has 0 aliphatic carbocycles. The molecule has 2 aromatic heterocycles. The Bertz CT molecular complexity index is 1450. The summed E-state index contributed by atoms with van der Waals surface area (Å²) in [5.74, 6) is 0.0327. The van der Waals surface area contributed by atoms with Gasteiger partial charge in [-0.3, -0.25) is 9.78 Å². The number of thiophene rings is 1. The Morgan fingerprint density at radius 3 is 2.64 bits per heavy atom. The van der Waals surface area contributed by atoms with Gasteiger partial charge >= 0.3 is 6.18 Å². The predicted octanol–water partition coefficient (Wildman–Crippen LogP) is 7.87. The Labute approximate surface area is 213 Å². The van der Waals surface area contributed by atoms with Crippen molar-refractivity contribution in [1.82, 2.24) is 4.98 Å². The van der Waals surface area contributed by atoms with E-state index in [1.165, 1.54) is 17.4 Å². The lowest BCUT2D eigenvalue weighted by Gasteiger charge is -2.12. The van der Waals surface area contributed by atoms with Crippen LogP contribution in [0.3, 0.4) is 0 Å². The number of nitrogens with zero attached hydrogens (tertiary/aromatic N) is 2. The van der Waals surface area contributed by atoms with Crippen molar-refractivity contribution < 1.29 is 22.8 Å². The lowest BCUT2D eigenvalue weighted by atomic mass is 10.0. The summed E-state index contributed by atoms with van der Waals surface area (Å²) < 4.78 is 40.1. The van der Waals surface area contributed by atoms with Gasteiger partial charge in [-0.25, -0.2) is 0 Å². The third-order valence-corrected chi connectivity index (χ3v) is 7.11. The average molecular weight is 530 g/mol. The van der Waals surface area contributed by atoms with E-state index >= 15 is 0 Å². The van der Waals surface area contributed by atoms with Crippen molar-refractivity contribution in [2.24, 2.45) is 5.16 Å². The van der Waals surface area contributed by atoms with Gasteiger partial charge < -0.3 is 10.2 Å². The van der Waals surface area contributed by atoms with E-state index in [9.17, 15) is 18.0 Å². The lowest BCUT2D eigenvalue weighted by molar-refractivity contribution is -0.137. The first kappa shape index (κ1) is 24.3. The number of rotatable bonds is 7. The van der Waals surface area contributed by atoms with Crippen LogP contribution in [0.2, 0.25) is 4.34 Å². The van der Waals surface area contributed by atoms with Crippen LogP contribution in [0.15, 0.2) is 72.0 Å². The van der Waals surface area contributed by atoms with Gasteiger partial charge in [-0.1, -0.05) is 28.9 Å². The Hall–Kier alpha value is -3.43. The number of alkyl halides is 3. The second-order valence-electron chi connectivity index (χ2n) is 8.33. The van der Waals surface area contributed by atoms with Gasteiger partial charge in [0.25, 0.3) is 0 Å². The van der Waals surface area contributed by atoms with Gasteiger partial charge in [0.15, 0.2) is 5.78 Å². The number of nitrogens with one attached hydrogen (secondary N) is 1. The molecule has 2 aromatic carbocycles. The maximum absolute atomic E-state index is 13.2. The molecule has 184 valence electrons. The molecule has 1 atom stereocenters. The number of aromatic nitrogens is 1. The first-order valence-electron chi connectivity index (χ1n) is 11.1. The van der Waals surface area contributed by atoms with Crippen LogP contribution in [0.4, 0.5) is 24.5 Å². The molecule has 1 N–H and O–H groups in total. The van der Waals surface area contributed by atoms with Crippen molar-refractivity contribution in [1.29, 1.82) is 0 Å². The van der Waals surface area contributed by atoms with Crippen LogP contribution in [-0.4, -0.2) is 22.6 Å². The van der Waals surface area contributed by atoms with Crippen molar-refractivity contribution in [3.63, 3.8) is 0 Å². The fourth-order valence-electron chi connectivity index (χ4n) is 3.97. The second-order valence-corrected chi connectivity index (χ2v) is 10.0. The number of hydrogen-bond donors (Lipinski definition) is 1. The summed E-state index contributed by atoms with van der Waals surface area (Å²) >= 11 is 7.17. The fourth-order valence-corrected chi connectivity index (χ4v) is 4.98. The Morgan fingerprint density at radius 2 is 1.92 bits per heavy atom. The third kappa shape index (κ3) is 5.37. The molecule has 0 saturated heterocycles. The SMILES string of the molecule is O=C(CCC1CC(c2ccc(Nc3ccnc4ccc(C(F)(F)F)cc34)cc2)=NO1)c1ccc(Cl)s1. The number of oxime groups is 1. The Morgan fingerprint density at radius 1 is 1.11 bits per heavy atom. The van der Waals surface area contributed by atoms with E-state index in [-0.39, 0.29) is 11.9 Å². The minimum atomic E-state index is -4.43. The van der Waals surface area contributed by atoms with Crippen LogP contribution >= 0.6 is 22.9 Å². The van der Waals surface area contributed by atoms with Crippen molar-refractivity contribution in [2.45, 2.75) is 31.5 Å². The van der Waals surface area contributed by atoms with Gasteiger partial charge in [-0.15, -0.1) is 11.3 Å². The topological polar surface area (TPSA) is 63.6 Å². The Balaban J connectivity index is 1.22. The number of ketones is 1. The van der Waals surface area contributed by atoms with Crippen LogP contribution < -0.4 is 5.32 Å². The maximum atomic E-state index is 13.2. The van der Waals surface area contributed by atoms with Crippen molar-refractivity contribution in [3.05, 3.63) is 87.2 Å². The number of carbonyl (C=O) groups excluding carboxylic acids is 1. The molecule has 5 rings (SSSR count). The van der Waals surface area contributed by atoms with Gasteiger partial charge in [0.2, 0.25) is 0 Å². The molecule has 1 unspecified atom stereocenters. The van der Waals surface area contributed by atoms with E-state index in [2.05, 4.69) is 15.5 Å². The highest BCUT2D eigenvalue weighted by Gasteiger charge is 2.30. The normalized spacial score (nSPS) is 15.6. The van der Waals surface area contributed by atoms with Crippen LogP contribution in [-0.2, 0) is 11.0 Å². The summed E-state index contributed by atoms with van der Waals surface area (Å²) in [6.45, 7) is 0. The number of anilines is 2. The number of pyridine rings is 1. The molecule has 3 heterocycles. The third-order valence-electron chi connectivity index (χ3n) is 5.84. The van der Waals surface area contributed by atoms with Crippen LogP contribution in [0.5, 0.6) is 0 Å². The summed E-state index contributed by atoms with van der Waals surface area (Å²) in [7, 11) is 0.